The first-order valence-corrected chi connectivity index (χ1v) is 6.76. The molecule has 0 spiro atoms. The Balaban J connectivity index is 1.91. The first-order chi connectivity index (χ1) is 11.0. The van der Waals surface area contributed by atoms with Crippen LogP contribution in [-0.4, -0.2) is 22.0 Å². The molecule has 2 N–H and O–H groups in total. The Kier molecular flexibility index (Phi) is 2.71. The van der Waals surface area contributed by atoms with Gasteiger partial charge in [0, 0.05) is 16.8 Å². The summed E-state index contributed by atoms with van der Waals surface area (Å²) in [4.78, 5) is 27.2. The molecule has 0 unspecified atom stereocenters. The summed E-state index contributed by atoms with van der Waals surface area (Å²) in [5.74, 6) is -1.71. The summed E-state index contributed by atoms with van der Waals surface area (Å²) < 4.78 is 19.1. The Morgan fingerprint density at radius 3 is 2.87 bits per heavy atom. The number of nitrogens with one attached hydrogen (secondary N) is 1. The zero-order valence-electron chi connectivity index (χ0n) is 11.6. The fourth-order valence-electron chi connectivity index (χ4n) is 2.73. The third-order valence-electron chi connectivity index (χ3n) is 3.74. The van der Waals surface area contributed by atoms with Crippen molar-refractivity contribution in [1.82, 2.24) is 4.98 Å². The van der Waals surface area contributed by atoms with Gasteiger partial charge >= 0.3 is 5.97 Å². The Hall–Kier alpha value is -3.22. The van der Waals surface area contributed by atoms with Crippen LogP contribution in [0.3, 0.4) is 0 Å². The minimum Gasteiger partial charge on any atom is -0.486 e. The highest BCUT2D eigenvalue weighted by atomic mass is 19.1. The number of ether oxygens (including phenoxy) is 1. The monoisotopic (exact) mass is 312 g/mol. The first-order valence-electron chi connectivity index (χ1n) is 6.76. The highest BCUT2D eigenvalue weighted by molar-refractivity contribution is 6.36. The second kappa shape index (κ2) is 4.64. The lowest BCUT2D eigenvalue weighted by molar-refractivity contribution is -0.110. The fraction of sp³-hybridized carbons (Fsp3) is 0.0625. The van der Waals surface area contributed by atoms with Gasteiger partial charge in [0.05, 0.1) is 11.3 Å². The second-order valence-electron chi connectivity index (χ2n) is 5.13. The van der Waals surface area contributed by atoms with Gasteiger partial charge in [-0.3, -0.25) is 4.79 Å². The van der Waals surface area contributed by atoms with Crippen LogP contribution < -0.4 is 5.32 Å². The number of rotatable bonds is 1. The van der Waals surface area contributed by atoms with Crippen LogP contribution in [0.15, 0.2) is 30.3 Å². The Bertz CT molecular complexity index is 920. The average Bonchev–Trinajstić information content (AvgIpc) is 3.06. The summed E-state index contributed by atoms with van der Waals surface area (Å²) >= 11 is 0. The number of aromatic nitrogens is 1. The molecular weight excluding hydrogens is 303 g/mol. The van der Waals surface area contributed by atoms with Crippen molar-refractivity contribution in [2.45, 2.75) is 6.61 Å². The van der Waals surface area contributed by atoms with E-state index in [2.05, 4.69) is 10.3 Å². The van der Waals surface area contributed by atoms with Crippen LogP contribution in [0.4, 0.5) is 10.1 Å². The number of anilines is 1. The number of carbonyl (C=O) groups excluding carboxylic acids is 1. The number of carboxylic acids is 1. The van der Waals surface area contributed by atoms with Gasteiger partial charge in [-0.1, -0.05) is 0 Å². The molecule has 1 aromatic carbocycles. The van der Waals surface area contributed by atoms with Gasteiger partial charge in [0.25, 0.3) is 5.91 Å². The largest absolute Gasteiger partial charge is 0.486 e. The van der Waals surface area contributed by atoms with Crippen molar-refractivity contribution in [2.24, 2.45) is 0 Å². The van der Waals surface area contributed by atoms with Gasteiger partial charge < -0.3 is 15.2 Å². The predicted octanol–water partition coefficient (Wildman–Crippen LogP) is 2.27. The van der Waals surface area contributed by atoms with Crippen molar-refractivity contribution in [3.63, 3.8) is 0 Å². The molecule has 7 heteroatoms. The molecule has 0 saturated heterocycles. The van der Waals surface area contributed by atoms with Crippen molar-refractivity contribution in [2.75, 3.05) is 5.32 Å². The molecular formula is C16H9FN2O4. The SMILES string of the molecule is O=C1Nc2ccc(F)cc2/C1=C1/OCc2nc(C(=O)O)ccc21. The second-order valence-corrected chi connectivity index (χ2v) is 5.13. The number of hydrogen-bond acceptors (Lipinski definition) is 4. The van der Waals surface area contributed by atoms with E-state index in [-0.39, 0.29) is 23.6 Å². The third-order valence-corrected chi connectivity index (χ3v) is 3.74. The van der Waals surface area contributed by atoms with E-state index in [1.54, 1.807) is 6.07 Å². The molecule has 2 aliphatic heterocycles. The summed E-state index contributed by atoms with van der Waals surface area (Å²) in [5, 5.41) is 11.6. The van der Waals surface area contributed by atoms with Crippen molar-refractivity contribution in [1.29, 1.82) is 0 Å². The predicted molar refractivity (Wildman–Crippen MR) is 77.8 cm³/mol. The van der Waals surface area contributed by atoms with Crippen LogP contribution in [0.25, 0.3) is 11.3 Å². The third kappa shape index (κ3) is 1.97. The van der Waals surface area contributed by atoms with Crippen molar-refractivity contribution < 1.29 is 23.8 Å². The molecule has 4 rings (SSSR count). The minimum absolute atomic E-state index is 0.0627. The number of amides is 1. The Labute approximate surface area is 129 Å². The molecule has 0 atom stereocenters. The quantitative estimate of drug-likeness (QED) is 0.789. The molecule has 114 valence electrons. The molecule has 2 aliphatic rings. The van der Waals surface area contributed by atoms with Crippen LogP contribution in [0.1, 0.15) is 27.3 Å². The number of pyridine rings is 1. The molecule has 0 fully saturated rings. The number of hydrogen-bond donors (Lipinski definition) is 2. The summed E-state index contributed by atoms with van der Waals surface area (Å²) in [6.07, 6.45) is 0. The molecule has 1 aromatic heterocycles. The molecule has 0 bridgehead atoms. The molecule has 2 aromatic rings. The van der Waals surface area contributed by atoms with E-state index in [1.807, 2.05) is 0 Å². The molecule has 3 heterocycles. The van der Waals surface area contributed by atoms with Gasteiger partial charge in [-0.15, -0.1) is 0 Å². The number of nitrogens with zero attached hydrogens (tertiary/aromatic N) is 1. The zero-order valence-corrected chi connectivity index (χ0v) is 11.6. The number of benzene rings is 1. The van der Waals surface area contributed by atoms with Gasteiger partial charge in [-0.25, -0.2) is 14.2 Å². The van der Waals surface area contributed by atoms with E-state index in [9.17, 15) is 14.0 Å². The van der Waals surface area contributed by atoms with E-state index in [0.717, 1.165) is 0 Å². The van der Waals surface area contributed by atoms with Gasteiger partial charge in [-0.2, -0.15) is 0 Å². The molecule has 1 amide bonds. The lowest BCUT2D eigenvalue weighted by Crippen LogP contribution is -2.06. The maximum absolute atomic E-state index is 13.5. The van der Waals surface area contributed by atoms with Crippen LogP contribution in [-0.2, 0) is 16.1 Å². The topological polar surface area (TPSA) is 88.5 Å². The maximum atomic E-state index is 13.5. The summed E-state index contributed by atoms with van der Waals surface area (Å²) in [7, 11) is 0. The normalized spacial score (nSPS) is 18.2. The molecule has 0 radical (unpaired) electrons. The smallest absolute Gasteiger partial charge is 0.354 e. The van der Waals surface area contributed by atoms with Gasteiger partial charge in [0.2, 0.25) is 0 Å². The maximum Gasteiger partial charge on any atom is 0.354 e. The van der Waals surface area contributed by atoms with Crippen molar-refractivity contribution in [3.05, 3.63) is 58.7 Å². The van der Waals surface area contributed by atoms with Crippen LogP contribution >= 0.6 is 0 Å². The van der Waals surface area contributed by atoms with E-state index in [1.165, 1.54) is 24.3 Å². The van der Waals surface area contributed by atoms with E-state index in [4.69, 9.17) is 9.84 Å². The molecule has 6 nitrogen and oxygen atoms in total. The lowest BCUT2D eigenvalue weighted by Gasteiger charge is -2.05. The van der Waals surface area contributed by atoms with Crippen LogP contribution in [0.5, 0.6) is 0 Å². The van der Waals surface area contributed by atoms with Crippen molar-refractivity contribution >= 4 is 28.9 Å². The van der Waals surface area contributed by atoms with E-state index >= 15 is 0 Å². The number of carboxylic acid groups (broad SMARTS) is 1. The van der Waals surface area contributed by atoms with Crippen LogP contribution in [0, 0.1) is 5.82 Å². The average molecular weight is 312 g/mol. The number of aromatic carboxylic acids is 1. The Morgan fingerprint density at radius 1 is 1.26 bits per heavy atom. The molecule has 0 aliphatic carbocycles. The number of carbonyl (C=O) groups is 2. The summed E-state index contributed by atoms with van der Waals surface area (Å²) in [6.45, 7) is 0.0627. The van der Waals surface area contributed by atoms with E-state index in [0.29, 0.717) is 22.5 Å². The standard InChI is InChI=1S/C16H9FN2O4/c17-7-1-3-10-9(5-7)13(15(20)19-10)14-8-2-4-11(16(21)22)18-12(8)6-23-14/h1-5H,6H2,(H,19,20)(H,21,22)/b14-13-. The van der Waals surface area contributed by atoms with Gasteiger partial charge in [-0.05, 0) is 30.3 Å². The minimum atomic E-state index is -1.14. The Morgan fingerprint density at radius 2 is 2.09 bits per heavy atom. The number of halogens is 1. The fourth-order valence-corrected chi connectivity index (χ4v) is 2.73. The van der Waals surface area contributed by atoms with Crippen molar-refractivity contribution in [3.8, 4) is 0 Å². The van der Waals surface area contributed by atoms with Gasteiger partial charge in [0.15, 0.2) is 0 Å². The highest BCUT2D eigenvalue weighted by Crippen LogP contribution is 2.41. The van der Waals surface area contributed by atoms with E-state index < -0.39 is 17.7 Å². The number of fused-ring (bicyclic) bond motifs is 2. The summed E-state index contributed by atoms with van der Waals surface area (Å²) in [6, 6.07) is 6.89. The van der Waals surface area contributed by atoms with Crippen LogP contribution in [0.2, 0.25) is 0 Å². The van der Waals surface area contributed by atoms with Gasteiger partial charge in [0.1, 0.15) is 23.9 Å². The highest BCUT2D eigenvalue weighted by Gasteiger charge is 2.33. The summed E-state index contributed by atoms with van der Waals surface area (Å²) in [5.41, 5.74) is 2.03. The molecule has 0 saturated carbocycles. The zero-order chi connectivity index (χ0) is 16.1. The first kappa shape index (κ1) is 13.4. The lowest BCUT2D eigenvalue weighted by atomic mass is 10.0. The molecule has 23 heavy (non-hydrogen) atoms.